The van der Waals surface area contributed by atoms with Gasteiger partial charge in [0, 0.05) is 15.7 Å². The van der Waals surface area contributed by atoms with E-state index < -0.39 is 6.04 Å². The third-order valence-electron chi connectivity index (χ3n) is 2.66. The van der Waals surface area contributed by atoms with Crippen molar-refractivity contribution in [2.24, 2.45) is 5.73 Å². The molecule has 0 saturated heterocycles. The minimum atomic E-state index is -0.605. The summed E-state index contributed by atoms with van der Waals surface area (Å²) >= 11 is 3.44. The number of hydrogen-bond donors (Lipinski definition) is 2. The van der Waals surface area contributed by atoms with Crippen LogP contribution in [0.25, 0.3) is 5.69 Å². The summed E-state index contributed by atoms with van der Waals surface area (Å²) in [6, 6.07) is 3.04. The van der Waals surface area contributed by atoms with Crippen molar-refractivity contribution >= 4 is 27.5 Å². The average Bonchev–Trinajstić information content (AvgIpc) is 2.90. The molecule has 1 unspecified atom stereocenters. The molecular formula is C10H8BrN5O. The second-order valence-electron chi connectivity index (χ2n) is 3.70. The number of nitrogens with one attached hydrogen (secondary N) is 1. The van der Waals surface area contributed by atoms with Crippen LogP contribution in [0.1, 0.15) is 11.6 Å². The van der Waals surface area contributed by atoms with E-state index in [-0.39, 0.29) is 5.91 Å². The predicted octanol–water partition coefficient (Wildman–Crippen LogP) is 0.982. The highest BCUT2D eigenvalue weighted by molar-refractivity contribution is 9.10. The highest BCUT2D eigenvalue weighted by Crippen LogP contribution is 2.35. The molecule has 0 aliphatic carbocycles. The summed E-state index contributed by atoms with van der Waals surface area (Å²) in [7, 11) is 0. The van der Waals surface area contributed by atoms with Crippen molar-refractivity contribution in [2.45, 2.75) is 6.04 Å². The van der Waals surface area contributed by atoms with Crippen LogP contribution in [-0.4, -0.2) is 20.7 Å². The molecule has 0 bridgehead atoms. The second kappa shape index (κ2) is 3.64. The van der Waals surface area contributed by atoms with Crippen LogP contribution in [-0.2, 0) is 4.79 Å². The second-order valence-corrected chi connectivity index (χ2v) is 4.55. The van der Waals surface area contributed by atoms with Crippen LogP contribution in [0, 0.1) is 0 Å². The minimum absolute atomic E-state index is 0.192. The van der Waals surface area contributed by atoms with E-state index in [4.69, 9.17) is 5.73 Å². The summed E-state index contributed by atoms with van der Waals surface area (Å²) in [5.41, 5.74) is 8.06. The van der Waals surface area contributed by atoms with Crippen LogP contribution < -0.4 is 11.1 Å². The third-order valence-corrected chi connectivity index (χ3v) is 3.30. The van der Waals surface area contributed by atoms with Gasteiger partial charge in [-0.05, 0) is 28.1 Å². The number of anilines is 1. The van der Waals surface area contributed by atoms with Gasteiger partial charge in [-0.3, -0.25) is 4.79 Å². The molecule has 3 rings (SSSR count). The minimum Gasteiger partial charge on any atom is -0.324 e. The molecule has 1 aromatic heterocycles. The quantitative estimate of drug-likeness (QED) is 0.821. The van der Waals surface area contributed by atoms with Crippen molar-refractivity contribution in [3.8, 4) is 5.69 Å². The molecule has 86 valence electrons. The maximum Gasteiger partial charge on any atom is 0.245 e. The largest absolute Gasteiger partial charge is 0.324 e. The zero-order valence-electron chi connectivity index (χ0n) is 8.59. The number of nitrogens with two attached hydrogens (primary N) is 1. The number of amides is 1. The summed E-state index contributed by atoms with van der Waals surface area (Å²) in [5.74, 6) is -0.192. The molecule has 2 heterocycles. The van der Waals surface area contributed by atoms with Crippen molar-refractivity contribution < 1.29 is 4.79 Å². The number of aromatic nitrogens is 3. The van der Waals surface area contributed by atoms with Crippen LogP contribution >= 0.6 is 15.9 Å². The monoisotopic (exact) mass is 293 g/mol. The Morgan fingerprint density at radius 3 is 3.00 bits per heavy atom. The summed E-state index contributed by atoms with van der Waals surface area (Å²) in [6.45, 7) is 0. The Bertz CT molecular complexity index is 595. The number of nitrogens with zero attached hydrogens (tertiary/aromatic N) is 3. The lowest BCUT2D eigenvalue weighted by Crippen LogP contribution is -2.19. The van der Waals surface area contributed by atoms with Gasteiger partial charge in [-0.25, -0.2) is 9.67 Å². The smallest absolute Gasteiger partial charge is 0.245 e. The Kier molecular flexibility index (Phi) is 2.23. The normalized spacial score (nSPS) is 18.0. The number of hydrogen-bond acceptors (Lipinski definition) is 4. The van der Waals surface area contributed by atoms with Crippen molar-refractivity contribution in [1.29, 1.82) is 0 Å². The first-order valence-electron chi connectivity index (χ1n) is 4.91. The molecule has 7 heteroatoms. The van der Waals surface area contributed by atoms with Gasteiger partial charge in [0.15, 0.2) is 0 Å². The van der Waals surface area contributed by atoms with Gasteiger partial charge in [0.2, 0.25) is 5.91 Å². The maximum absolute atomic E-state index is 11.5. The highest BCUT2D eigenvalue weighted by atomic mass is 79.9. The fraction of sp³-hybridized carbons (Fsp3) is 0.100. The zero-order valence-corrected chi connectivity index (χ0v) is 10.2. The van der Waals surface area contributed by atoms with Crippen molar-refractivity contribution in [1.82, 2.24) is 14.8 Å². The molecular weight excluding hydrogens is 286 g/mol. The Hall–Kier alpha value is -1.73. The topological polar surface area (TPSA) is 85.8 Å². The lowest BCUT2D eigenvalue weighted by atomic mass is 10.1. The Balaban J connectivity index is 2.16. The molecule has 0 fully saturated rings. The number of rotatable bonds is 1. The van der Waals surface area contributed by atoms with Crippen LogP contribution in [0.15, 0.2) is 29.3 Å². The van der Waals surface area contributed by atoms with E-state index in [0.717, 1.165) is 21.4 Å². The van der Waals surface area contributed by atoms with Crippen LogP contribution in [0.3, 0.4) is 0 Å². The van der Waals surface area contributed by atoms with Crippen molar-refractivity contribution in [2.75, 3.05) is 5.32 Å². The standard InChI is InChI=1S/C10H8BrN5O/c11-6-1-5-7(15-10(17)9(5)12)2-8(6)16-4-13-3-14-16/h1-4,9H,12H2,(H,15,17). The van der Waals surface area contributed by atoms with E-state index in [1.807, 2.05) is 12.1 Å². The van der Waals surface area contributed by atoms with Gasteiger partial charge in [-0.2, -0.15) is 5.10 Å². The maximum atomic E-state index is 11.5. The third kappa shape index (κ3) is 1.55. The summed E-state index contributed by atoms with van der Waals surface area (Å²) in [4.78, 5) is 15.3. The van der Waals surface area contributed by atoms with Gasteiger partial charge < -0.3 is 11.1 Å². The molecule has 0 spiro atoms. The highest BCUT2D eigenvalue weighted by Gasteiger charge is 2.28. The van der Waals surface area contributed by atoms with E-state index >= 15 is 0 Å². The SMILES string of the molecule is NC1C(=O)Nc2cc(-n3cncn3)c(Br)cc21. The van der Waals surface area contributed by atoms with E-state index in [1.165, 1.54) is 6.33 Å². The number of halogens is 1. The van der Waals surface area contributed by atoms with E-state index in [9.17, 15) is 4.79 Å². The fourth-order valence-corrected chi connectivity index (χ4v) is 2.35. The summed E-state index contributed by atoms with van der Waals surface area (Å²) < 4.78 is 2.43. The number of carbonyl (C=O) groups excluding carboxylic acids is 1. The molecule has 17 heavy (non-hydrogen) atoms. The lowest BCUT2D eigenvalue weighted by Gasteiger charge is -2.08. The molecule has 1 amide bonds. The summed E-state index contributed by atoms with van der Waals surface area (Å²) in [5, 5.41) is 6.77. The van der Waals surface area contributed by atoms with Crippen molar-refractivity contribution in [3.63, 3.8) is 0 Å². The van der Waals surface area contributed by atoms with Gasteiger partial charge in [0.1, 0.15) is 18.7 Å². The van der Waals surface area contributed by atoms with Crippen LogP contribution in [0.2, 0.25) is 0 Å². The van der Waals surface area contributed by atoms with E-state index in [2.05, 4.69) is 31.3 Å². The molecule has 2 aromatic rings. The van der Waals surface area contributed by atoms with Crippen molar-refractivity contribution in [3.05, 3.63) is 34.8 Å². The molecule has 3 N–H and O–H groups in total. The number of carbonyl (C=O) groups is 1. The first kappa shape index (κ1) is 10.4. The molecule has 1 atom stereocenters. The average molecular weight is 294 g/mol. The van der Waals surface area contributed by atoms with Gasteiger partial charge in [-0.1, -0.05) is 0 Å². The molecule has 0 radical (unpaired) electrons. The number of fused-ring (bicyclic) bond motifs is 1. The molecule has 0 saturated carbocycles. The molecule has 1 aliphatic rings. The van der Waals surface area contributed by atoms with Gasteiger partial charge >= 0.3 is 0 Å². The van der Waals surface area contributed by atoms with Gasteiger partial charge in [0.05, 0.1) is 5.69 Å². The Labute approximate surface area is 105 Å². The number of benzene rings is 1. The molecule has 6 nitrogen and oxygen atoms in total. The van der Waals surface area contributed by atoms with E-state index in [0.29, 0.717) is 0 Å². The first-order chi connectivity index (χ1) is 8.16. The van der Waals surface area contributed by atoms with Gasteiger partial charge in [-0.15, -0.1) is 0 Å². The van der Waals surface area contributed by atoms with Crippen LogP contribution in [0.4, 0.5) is 5.69 Å². The predicted molar refractivity (Wildman–Crippen MR) is 64.6 cm³/mol. The Morgan fingerprint density at radius 2 is 2.29 bits per heavy atom. The molecule has 1 aromatic carbocycles. The van der Waals surface area contributed by atoms with E-state index in [1.54, 1.807) is 11.0 Å². The molecule has 1 aliphatic heterocycles. The van der Waals surface area contributed by atoms with Gasteiger partial charge in [0.25, 0.3) is 0 Å². The zero-order chi connectivity index (χ0) is 12.0. The summed E-state index contributed by atoms with van der Waals surface area (Å²) in [6.07, 6.45) is 3.03. The lowest BCUT2D eigenvalue weighted by molar-refractivity contribution is -0.116. The Morgan fingerprint density at radius 1 is 1.47 bits per heavy atom. The first-order valence-corrected chi connectivity index (χ1v) is 5.71. The van der Waals surface area contributed by atoms with Crippen LogP contribution in [0.5, 0.6) is 0 Å². The fourth-order valence-electron chi connectivity index (χ4n) is 1.80.